The Morgan fingerprint density at radius 2 is 1.92 bits per heavy atom. The van der Waals surface area contributed by atoms with Gasteiger partial charge in [-0.15, -0.1) is 0 Å². The molecule has 1 aromatic rings. The van der Waals surface area contributed by atoms with Crippen molar-refractivity contribution in [3.8, 4) is 0 Å². The molecule has 0 unspecified atom stereocenters. The minimum absolute atomic E-state index is 0.0304. The Kier molecular flexibility index (Phi) is 6.55. The molecule has 0 radical (unpaired) electrons. The van der Waals surface area contributed by atoms with E-state index in [9.17, 15) is 9.59 Å². The van der Waals surface area contributed by atoms with Gasteiger partial charge in [-0.25, -0.2) is 0 Å². The lowest BCUT2D eigenvalue weighted by Crippen LogP contribution is -2.51. The number of nitrogens with one attached hydrogen (secondary N) is 1. The van der Waals surface area contributed by atoms with Gasteiger partial charge in [0.2, 0.25) is 11.8 Å². The van der Waals surface area contributed by atoms with Crippen molar-refractivity contribution < 1.29 is 9.59 Å². The van der Waals surface area contributed by atoms with Gasteiger partial charge in [0.15, 0.2) is 0 Å². The average Bonchev–Trinajstić information content (AvgIpc) is 2.52. The number of benzene rings is 1. The third-order valence-corrected chi connectivity index (χ3v) is 3.96. The van der Waals surface area contributed by atoms with E-state index in [1.807, 2.05) is 49.9 Å². The minimum Gasteiger partial charge on any atom is -0.353 e. The van der Waals surface area contributed by atoms with Gasteiger partial charge in [-0.2, -0.15) is 0 Å². The molecule has 1 aliphatic heterocycles. The van der Waals surface area contributed by atoms with Crippen molar-refractivity contribution >= 4 is 17.9 Å². The fraction of sp³-hybridized carbons (Fsp3) is 0.474. The van der Waals surface area contributed by atoms with E-state index < -0.39 is 0 Å². The molecule has 5 nitrogen and oxygen atoms in total. The fourth-order valence-corrected chi connectivity index (χ4v) is 2.74. The largest absolute Gasteiger partial charge is 0.353 e. The van der Waals surface area contributed by atoms with E-state index in [0.717, 1.165) is 18.7 Å². The third kappa shape index (κ3) is 5.81. The van der Waals surface area contributed by atoms with Gasteiger partial charge in [0.1, 0.15) is 0 Å². The van der Waals surface area contributed by atoms with Gasteiger partial charge in [-0.05, 0) is 32.4 Å². The van der Waals surface area contributed by atoms with Crippen molar-refractivity contribution in [2.45, 2.75) is 26.8 Å². The second-order valence-corrected chi connectivity index (χ2v) is 6.57. The number of piperazine rings is 1. The molecule has 1 fully saturated rings. The summed E-state index contributed by atoms with van der Waals surface area (Å²) in [6, 6.07) is 8.22. The molecule has 0 saturated carbocycles. The summed E-state index contributed by atoms with van der Waals surface area (Å²) in [5, 5.41) is 2.89. The Morgan fingerprint density at radius 3 is 2.54 bits per heavy atom. The van der Waals surface area contributed by atoms with Crippen molar-refractivity contribution in [3.05, 3.63) is 41.5 Å². The Hall–Kier alpha value is -2.14. The number of amides is 2. The lowest BCUT2D eigenvalue weighted by Gasteiger charge is -2.33. The number of hydrogen-bond donors (Lipinski definition) is 1. The van der Waals surface area contributed by atoms with E-state index in [1.165, 1.54) is 5.56 Å². The summed E-state index contributed by atoms with van der Waals surface area (Å²) in [7, 11) is 0. The summed E-state index contributed by atoms with van der Waals surface area (Å²) in [5.74, 6) is 0.0758. The lowest BCUT2D eigenvalue weighted by atomic mass is 10.1. The number of carbonyl (C=O) groups excluding carboxylic acids is 2. The molecule has 1 aromatic carbocycles. The van der Waals surface area contributed by atoms with Crippen LogP contribution in [0.4, 0.5) is 0 Å². The summed E-state index contributed by atoms with van der Waals surface area (Å²) in [6.07, 6.45) is 3.49. The van der Waals surface area contributed by atoms with Crippen molar-refractivity contribution in [1.82, 2.24) is 15.1 Å². The van der Waals surface area contributed by atoms with Gasteiger partial charge in [0, 0.05) is 38.3 Å². The Labute approximate surface area is 144 Å². The van der Waals surface area contributed by atoms with Crippen molar-refractivity contribution in [2.75, 3.05) is 32.7 Å². The maximum atomic E-state index is 12.3. The highest BCUT2D eigenvalue weighted by molar-refractivity contribution is 5.91. The van der Waals surface area contributed by atoms with Crippen LogP contribution in [0.5, 0.6) is 0 Å². The molecule has 1 heterocycles. The molecule has 0 aliphatic carbocycles. The smallest absolute Gasteiger partial charge is 0.246 e. The van der Waals surface area contributed by atoms with Gasteiger partial charge in [-0.3, -0.25) is 14.5 Å². The molecule has 0 atom stereocenters. The predicted octanol–water partition coefficient (Wildman–Crippen LogP) is 1.68. The minimum atomic E-state index is 0.0304. The molecule has 1 aliphatic rings. The maximum Gasteiger partial charge on any atom is 0.246 e. The fourth-order valence-electron chi connectivity index (χ4n) is 2.74. The van der Waals surface area contributed by atoms with Gasteiger partial charge in [0.05, 0.1) is 6.54 Å². The molecular weight excluding hydrogens is 302 g/mol. The van der Waals surface area contributed by atoms with Crippen LogP contribution in [0.1, 0.15) is 25.0 Å². The number of carbonyl (C=O) groups is 2. The molecule has 5 heteroatoms. The summed E-state index contributed by atoms with van der Waals surface area (Å²) >= 11 is 0. The van der Waals surface area contributed by atoms with Crippen LogP contribution in [0, 0.1) is 6.92 Å². The Morgan fingerprint density at radius 1 is 1.21 bits per heavy atom. The number of nitrogens with zero attached hydrogens (tertiary/aromatic N) is 2. The molecule has 0 bridgehead atoms. The molecule has 130 valence electrons. The van der Waals surface area contributed by atoms with Crippen LogP contribution in [0.15, 0.2) is 30.3 Å². The molecule has 1 N–H and O–H groups in total. The summed E-state index contributed by atoms with van der Waals surface area (Å²) in [4.78, 5) is 28.0. The van der Waals surface area contributed by atoms with Crippen molar-refractivity contribution in [1.29, 1.82) is 0 Å². The molecule has 1 saturated heterocycles. The van der Waals surface area contributed by atoms with Crippen LogP contribution in [0.2, 0.25) is 0 Å². The average molecular weight is 329 g/mol. The van der Waals surface area contributed by atoms with Gasteiger partial charge >= 0.3 is 0 Å². The number of hydrogen-bond acceptors (Lipinski definition) is 3. The first-order valence-electron chi connectivity index (χ1n) is 8.49. The van der Waals surface area contributed by atoms with Crippen LogP contribution in [-0.4, -0.2) is 60.4 Å². The first-order chi connectivity index (χ1) is 11.4. The molecule has 0 spiro atoms. The van der Waals surface area contributed by atoms with Crippen LogP contribution in [0.3, 0.4) is 0 Å². The van der Waals surface area contributed by atoms with Gasteiger partial charge < -0.3 is 10.2 Å². The molecule has 2 rings (SSSR count). The van der Waals surface area contributed by atoms with E-state index in [2.05, 4.69) is 16.3 Å². The van der Waals surface area contributed by atoms with E-state index in [-0.39, 0.29) is 17.9 Å². The van der Waals surface area contributed by atoms with E-state index in [0.29, 0.717) is 19.6 Å². The summed E-state index contributed by atoms with van der Waals surface area (Å²) in [5.41, 5.74) is 2.21. The number of aryl methyl sites for hydroxylation is 1. The third-order valence-electron chi connectivity index (χ3n) is 3.96. The van der Waals surface area contributed by atoms with E-state index >= 15 is 0 Å². The first kappa shape index (κ1) is 18.2. The van der Waals surface area contributed by atoms with Crippen LogP contribution >= 0.6 is 0 Å². The van der Waals surface area contributed by atoms with Crippen LogP contribution < -0.4 is 5.32 Å². The molecule has 24 heavy (non-hydrogen) atoms. The van der Waals surface area contributed by atoms with E-state index in [4.69, 9.17) is 0 Å². The Bertz CT molecular complexity index is 602. The lowest BCUT2D eigenvalue weighted by molar-refractivity contribution is -0.128. The van der Waals surface area contributed by atoms with Crippen molar-refractivity contribution in [2.24, 2.45) is 0 Å². The zero-order valence-electron chi connectivity index (χ0n) is 14.8. The standard InChI is InChI=1S/C19H27N3O2/c1-15(2)20-18(23)14-21-9-11-22(12-10-21)19(24)8-7-17-6-4-5-16(3)13-17/h4-8,13,15H,9-12,14H2,1-3H3,(H,20,23)/b8-7+. The second kappa shape index (κ2) is 8.64. The van der Waals surface area contributed by atoms with E-state index in [1.54, 1.807) is 6.08 Å². The molecule has 0 aromatic heterocycles. The van der Waals surface area contributed by atoms with Gasteiger partial charge in [-0.1, -0.05) is 29.8 Å². The second-order valence-electron chi connectivity index (χ2n) is 6.57. The SMILES string of the molecule is Cc1cccc(/C=C/C(=O)N2CCN(CC(=O)NC(C)C)CC2)c1. The van der Waals surface area contributed by atoms with Crippen LogP contribution in [0.25, 0.3) is 6.08 Å². The normalized spacial score (nSPS) is 15.9. The highest BCUT2D eigenvalue weighted by Crippen LogP contribution is 2.08. The van der Waals surface area contributed by atoms with Crippen molar-refractivity contribution in [3.63, 3.8) is 0 Å². The zero-order chi connectivity index (χ0) is 17.5. The Balaban J connectivity index is 1.79. The highest BCUT2D eigenvalue weighted by Gasteiger charge is 2.21. The molecular formula is C19H27N3O2. The quantitative estimate of drug-likeness (QED) is 0.836. The first-order valence-corrected chi connectivity index (χ1v) is 8.49. The molecule has 2 amide bonds. The summed E-state index contributed by atoms with van der Waals surface area (Å²) < 4.78 is 0. The van der Waals surface area contributed by atoms with Crippen LogP contribution in [-0.2, 0) is 9.59 Å². The zero-order valence-corrected chi connectivity index (χ0v) is 14.8. The predicted molar refractivity (Wildman–Crippen MR) is 96.5 cm³/mol. The topological polar surface area (TPSA) is 52.7 Å². The van der Waals surface area contributed by atoms with Gasteiger partial charge in [0.25, 0.3) is 0 Å². The summed E-state index contributed by atoms with van der Waals surface area (Å²) in [6.45, 7) is 9.13. The highest BCUT2D eigenvalue weighted by atomic mass is 16.2. The maximum absolute atomic E-state index is 12.3. The number of rotatable bonds is 5. The monoisotopic (exact) mass is 329 g/mol.